The number of likely N-dealkylation sites (tertiary alicyclic amines) is 1. The number of aromatic nitrogens is 4. The lowest BCUT2D eigenvalue weighted by Crippen LogP contribution is -2.44. The van der Waals surface area contributed by atoms with E-state index in [9.17, 15) is 9.59 Å². The van der Waals surface area contributed by atoms with Crippen LogP contribution >= 0.6 is 0 Å². The van der Waals surface area contributed by atoms with Gasteiger partial charge in [-0.3, -0.25) is 9.59 Å². The predicted octanol–water partition coefficient (Wildman–Crippen LogP) is 0.995. The summed E-state index contributed by atoms with van der Waals surface area (Å²) in [6.45, 7) is 6.04. The van der Waals surface area contributed by atoms with E-state index in [1.807, 2.05) is 29.5 Å². The van der Waals surface area contributed by atoms with Gasteiger partial charge in [-0.15, -0.1) is 0 Å². The van der Waals surface area contributed by atoms with Gasteiger partial charge in [-0.05, 0) is 38.2 Å². The number of hydrogen-bond donors (Lipinski definition) is 0. The average molecular weight is 329 g/mol. The smallest absolute Gasteiger partial charge is 0.267 e. The molecule has 1 aliphatic heterocycles. The van der Waals surface area contributed by atoms with Crippen LogP contribution in [0.4, 0.5) is 0 Å². The standard InChI is InChI=1S/C17H23N5O2/c1-13-8-16(23)22(19-14(13)2)11-17(24)21-6-3-4-15(10-21)9-20-7-5-18-12-20/h5,7-8,12,15H,3-4,6,9-11H2,1-2H3/t15-/m0/s1. The zero-order chi connectivity index (χ0) is 17.1. The van der Waals surface area contributed by atoms with Crippen LogP contribution in [0.5, 0.6) is 0 Å². The Labute approximate surface area is 140 Å². The molecular formula is C17H23N5O2. The minimum atomic E-state index is -0.224. The predicted molar refractivity (Wildman–Crippen MR) is 89.5 cm³/mol. The maximum absolute atomic E-state index is 12.6. The van der Waals surface area contributed by atoms with Gasteiger partial charge in [0.1, 0.15) is 6.54 Å². The van der Waals surface area contributed by atoms with Crippen molar-refractivity contribution in [3.8, 4) is 0 Å². The molecule has 24 heavy (non-hydrogen) atoms. The lowest BCUT2D eigenvalue weighted by molar-refractivity contribution is -0.134. The molecule has 7 nitrogen and oxygen atoms in total. The Balaban J connectivity index is 1.64. The van der Waals surface area contributed by atoms with E-state index in [2.05, 4.69) is 10.1 Å². The van der Waals surface area contributed by atoms with Gasteiger partial charge in [0.15, 0.2) is 0 Å². The number of rotatable bonds is 4. The Bertz CT molecular complexity index is 766. The Kier molecular flexibility index (Phi) is 4.78. The first kappa shape index (κ1) is 16.4. The van der Waals surface area contributed by atoms with Crippen LogP contribution in [0, 0.1) is 19.8 Å². The van der Waals surface area contributed by atoms with Crippen LogP contribution in [-0.4, -0.2) is 43.2 Å². The number of carbonyl (C=O) groups excluding carboxylic acids is 1. The van der Waals surface area contributed by atoms with E-state index < -0.39 is 0 Å². The molecule has 2 aromatic heterocycles. The molecule has 0 bridgehead atoms. The van der Waals surface area contributed by atoms with Crippen molar-refractivity contribution in [2.45, 2.75) is 39.8 Å². The molecule has 1 aliphatic rings. The minimum Gasteiger partial charge on any atom is -0.341 e. The molecule has 0 saturated carbocycles. The fourth-order valence-electron chi connectivity index (χ4n) is 3.15. The topological polar surface area (TPSA) is 73.0 Å². The lowest BCUT2D eigenvalue weighted by atomic mass is 9.98. The highest BCUT2D eigenvalue weighted by Crippen LogP contribution is 2.18. The second-order valence-corrected chi connectivity index (χ2v) is 6.52. The fraction of sp³-hybridized carbons (Fsp3) is 0.529. The van der Waals surface area contributed by atoms with Crippen LogP contribution in [-0.2, 0) is 17.9 Å². The quantitative estimate of drug-likeness (QED) is 0.839. The van der Waals surface area contributed by atoms with Crippen molar-refractivity contribution >= 4 is 5.91 Å². The van der Waals surface area contributed by atoms with Crippen molar-refractivity contribution in [2.75, 3.05) is 13.1 Å². The first-order valence-corrected chi connectivity index (χ1v) is 8.32. The van der Waals surface area contributed by atoms with Gasteiger partial charge in [-0.1, -0.05) is 0 Å². The molecule has 0 aliphatic carbocycles. The van der Waals surface area contributed by atoms with Gasteiger partial charge in [0.25, 0.3) is 5.56 Å². The third kappa shape index (κ3) is 3.72. The minimum absolute atomic E-state index is 0.0117. The van der Waals surface area contributed by atoms with E-state index in [1.54, 1.807) is 12.5 Å². The number of piperidine rings is 1. The molecule has 7 heteroatoms. The van der Waals surface area contributed by atoms with Crippen molar-refractivity contribution in [3.63, 3.8) is 0 Å². The molecule has 0 aromatic carbocycles. The molecular weight excluding hydrogens is 306 g/mol. The molecule has 1 amide bonds. The Morgan fingerprint density at radius 3 is 2.96 bits per heavy atom. The average Bonchev–Trinajstić information content (AvgIpc) is 3.06. The van der Waals surface area contributed by atoms with Crippen molar-refractivity contribution in [3.05, 3.63) is 46.4 Å². The van der Waals surface area contributed by atoms with E-state index in [0.717, 1.165) is 43.7 Å². The molecule has 1 fully saturated rings. The summed E-state index contributed by atoms with van der Waals surface area (Å²) in [6, 6.07) is 1.54. The van der Waals surface area contributed by atoms with Crippen molar-refractivity contribution in [2.24, 2.45) is 5.92 Å². The number of hydrogen-bond acceptors (Lipinski definition) is 4. The first-order valence-electron chi connectivity index (χ1n) is 8.32. The number of imidazole rings is 1. The van der Waals surface area contributed by atoms with Gasteiger partial charge in [-0.25, -0.2) is 9.67 Å². The monoisotopic (exact) mass is 329 g/mol. The highest BCUT2D eigenvalue weighted by Gasteiger charge is 2.24. The summed E-state index contributed by atoms with van der Waals surface area (Å²) in [4.78, 5) is 30.5. The van der Waals surface area contributed by atoms with Crippen LogP contribution in [0.25, 0.3) is 0 Å². The fourth-order valence-corrected chi connectivity index (χ4v) is 3.15. The Hall–Kier alpha value is -2.44. The summed E-state index contributed by atoms with van der Waals surface area (Å²) in [6.07, 6.45) is 7.60. The van der Waals surface area contributed by atoms with Gasteiger partial charge in [0.05, 0.1) is 12.0 Å². The largest absolute Gasteiger partial charge is 0.341 e. The summed E-state index contributed by atoms with van der Waals surface area (Å²) in [5.74, 6) is 0.379. The molecule has 128 valence electrons. The van der Waals surface area contributed by atoms with Gasteiger partial charge >= 0.3 is 0 Å². The van der Waals surface area contributed by atoms with E-state index >= 15 is 0 Å². The number of aryl methyl sites for hydroxylation is 2. The molecule has 1 saturated heterocycles. The third-order valence-corrected chi connectivity index (χ3v) is 4.62. The van der Waals surface area contributed by atoms with Crippen LogP contribution in [0.1, 0.15) is 24.1 Å². The van der Waals surface area contributed by atoms with Crippen LogP contribution in [0.15, 0.2) is 29.6 Å². The molecule has 3 heterocycles. The highest BCUT2D eigenvalue weighted by atomic mass is 16.2. The summed E-state index contributed by atoms with van der Waals surface area (Å²) in [5, 5.41) is 4.23. The highest BCUT2D eigenvalue weighted by molar-refractivity contribution is 5.76. The number of amides is 1. The van der Waals surface area contributed by atoms with E-state index in [-0.39, 0.29) is 18.0 Å². The Morgan fingerprint density at radius 2 is 2.21 bits per heavy atom. The summed E-state index contributed by atoms with van der Waals surface area (Å²) in [5.41, 5.74) is 1.40. The van der Waals surface area contributed by atoms with Gasteiger partial charge < -0.3 is 9.47 Å². The SMILES string of the molecule is Cc1cc(=O)n(CC(=O)N2CCC[C@@H](Cn3ccnc3)C2)nc1C. The third-order valence-electron chi connectivity index (χ3n) is 4.62. The summed E-state index contributed by atoms with van der Waals surface area (Å²) >= 11 is 0. The first-order chi connectivity index (χ1) is 11.5. The molecule has 3 rings (SSSR count). The van der Waals surface area contributed by atoms with Gasteiger partial charge in [-0.2, -0.15) is 5.10 Å². The maximum atomic E-state index is 12.6. The second kappa shape index (κ2) is 6.98. The molecule has 2 aromatic rings. The maximum Gasteiger partial charge on any atom is 0.267 e. The number of carbonyl (C=O) groups is 1. The normalized spacial score (nSPS) is 17.9. The number of nitrogens with zero attached hydrogens (tertiary/aromatic N) is 5. The van der Waals surface area contributed by atoms with E-state index in [1.165, 1.54) is 10.7 Å². The molecule has 0 unspecified atom stereocenters. The zero-order valence-corrected chi connectivity index (χ0v) is 14.2. The molecule has 0 radical (unpaired) electrons. The summed E-state index contributed by atoms with van der Waals surface area (Å²) < 4.78 is 3.32. The van der Waals surface area contributed by atoms with Crippen LogP contribution in [0.2, 0.25) is 0 Å². The lowest BCUT2D eigenvalue weighted by Gasteiger charge is -2.33. The molecule has 1 atom stereocenters. The summed E-state index contributed by atoms with van der Waals surface area (Å²) in [7, 11) is 0. The van der Waals surface area contributed by atoms with E-state index in [4.69, 9.17) is 0 Å². The second-order valence-electron chi connectivity index (χ2n) is 6.52. The van der Waals surface area contributed by atoms with Crippen molar-refractivity contribution in [1.29, 1.82) is 0 Å². The van der Waals surface area contributed by atoms with Crippen molar-refractivity contribution < 1.29 is 4.79 Å². The van der Waals surface area contributed by atoms with Gasteiger partial charge in [0, 0.05) is 38.1 Å². The molecule has 0 N–H and O–H groups in total. The van der Waals surface area contributed by atoms with Gasteiger partial charge in [0.2, 0.25) is 5.91 Å². The zero-order valence-electron chi connectivity index (χ0n) is 14.2. The molecule has 0 spiro atoms. The van der Waals surface area contributed by atoms with Crippen LogP contribution < -0.4 is 5.56 Å². The van der Waals surface area contributed by atoms with Crippen molar-refractivity contribution in [1.82, 2.24) is 24.2 Å². The van der Waals surface area contributed by atoms with E-state index in [0.29, 0.717) is 5.92 Å². The Morgan fingerprint density at radius 1 is 1.38 bits per heavy atom. The van der Waals surface area contributed by atoms with Crippen LogP contribution in [0.3, 0.4) is 0 Å².